The van der Waals surface area contributed by atoms with Crippen LogP contribution in [0.1, 0.15) is 35.9 Å². The topological polar surface area (TPSA) is 57.0 Å². The maximum absolute atomic E-state index is 6.13. The van der Waals surface area contributed by atoms with Crippen molar-refractivity contribution in [2.45, 2.75) is 32.7 Å². The summed E-state index contributed by atoms with van der Waals surface area (Å²) in [4.78, 5) is 0. The average molecular weight is 233 g/mol. The van der Waals surface area contributed by atoms with E-state index in [2.05, 4.69) is 18.1 Å². The van der Waals surface area contributed by atoms with E-state index in [1.165, 1.54) is 0 Å². The third-order valence-electron chi connectivity index (χ3n) is 2.95. The molecule has 4 nitrogen and oxygen atoms in total. The molecule has 0 spiro atoms. The summed E-state index contributed by atoms with van der Waals surface area (Å²) in [7, 11) is 1.95. The fourth-order valence-corrected chi connectivity index (χ4v) is 1.91. The molecule has 0 aromatic carbocycles. The maximum atomic E-state index is 6.13. The van der Waals surface area contributed by atoms with Crippen LogP contribution in [0.25, 0.3) is 0 Å². The summed E-state index contributed by atoms with van der Waals surface area (Å²) in [5.41, 5.74) is 8.37. The van der Waals surface area contributed by atoms with Gasteiger partial charge in [0.2, 0.25) is 0 Å². The third-order valence-corrected chi connectivity index (χ3v) is 2.95. The van der Waals surface area contributed by atoms with Gasteiger partial charge in [0.25, 0.3) is 0 Å². The Morgan fingerprint density at radius 3 is 2.76 bits per heavy atom. The monoisotopic (exact) mass is 233 g/mol. The summed E-state index contributed by atoms with van der Waals surface area (Å²) in [6, 6.07) is 5.88. The maximum Gasteiger partial charge on any atom is 0.121 e. The van der Waals surface area contributed by atoms with Crippen LogP contribution in [0, 0.1) is 6.92 Å². The molecule has 0 saturated carbocycles. The Morgan fingerprint density at radius 2 is 2.24 bits per heavy atom. The van der Waals surface area contributed by atoms with Crippen LogP contribution in [-0.4, -0.2) is 9.78 Å². The number of furan rings is 1. The van der Waals surface area contributed by atoms with Crippen LogP contribution >= 0.6 is 0 Å². The number of hydrogen-bond acceptors (Lipinski definition) is 3. The van der Waals surface area contributed by atoms with Crippen LogP contribution in [0.15, 0.2) is 22.6 Å². The molecule has 4 heteroatoms. The quantitative estimate of drug-likeness (QED) is 0.880. The van der Waals surface area contributed by atoms with E-state index in [1.54, 1.807) is 0 Å². The number of hydrogen-bond donors (Lipinski definition) is 1. The zero-order chi connectivity index (χ0) is 12.4. The smallest absolute Gasteiger partial charge is 0.121 e. The SMILES string of the molecule is CCc1cc(CC(N)c2ccc(C)o2)n(C)n1. The number of aryl methyl sites for hydroxylation is 3. The van der Waals surface area contributed by atoms with Crippen LogP contribution in [0.2, 0.25) is 0 Å². The van der Waals surface area contributed by atoms with Gasteiger partial charge in [-0.1, -0.05) is 6.92 Å². The predicted octanol–water partition coefficient (Wildman–Crippen LogP) is 2.13. The molecule has 2 N–H and O–H groups in total. The number of rotatable bonds is 4. The van der Waals surface area contributed by atoms with E-state index >= 15 is 0 Å². The van der Waals surface area contributed by atoms with E-state index in [4.69, 9.17) is 10.2 Å². The lowest BCUT2D eigenvalue weighted by Crippen LogP contribution is -2.14. The second-order valence-corrected chi connectivity index (χ2v) is 4.36. The summed E-state index contributed by atoms with van der Waals surface area (Å²) in [6.45, 7) is 4.03. The minimum atomic E-state index is -0.108. The van der Waals surface area contributed by atoms with Crippen molar-refractivity contribution in [1.29, 1.82) is 0 Å². The lowest BCUT2D eigenvalue weighted by molar-refractivity contribution is 0.440. The molecule has 0 saturated heterocycles. The highest BCUT2D eigenvalue weighted by Crippen LogP contribution is 2.18. The van der Waals surface area contributed by atoms with Crippen molar-refractivity contribution in [2.75, 3.05) is 0 Å². The Labute approximate surface area is 101 Å². The van der Waals surface area contributed by atoms with E-state index < -0.39 is 0 Å². The molecule has 0 aliphatic rings. The summed E-state index contributed by atoms with van der Waals surface area (Å²) in [6.07, 6.45) is 1.69. The fourth-order valence-electron chi connectivity index (χ4n) is 1.91. The summed E-state index contributed by atoms with van der Waals surface area (Å²) >= 11 is 0. The van der Waals surface area contributed by atoms with E-state index in [0.717, 1.165) is 35.7 Å². The van der Waals surface area contributed by atoms with Crippen molar-refractivity contribution in [3.63, 3.8) is 0 Å². The van der Waals surface area contributed by atoms with Crippen LogP contribution < -0.4 is 5.73 Å². The normalized spacial score (nSPS) is 12.9. The van der Waals surface area contributed by atoms with Gasteiger partial charge in [0.15, 0.2) is 0 Å². The molecule has 2 aromatic rings. The van der Waals surface area contributed by atoms with Gasteiger partial charge in [-0.25, -0.2) is 0 Å². The van der Waals surface area contributed by atoms with E-state index in [0.29, 0.717) is 0 Å². The molecule has 1 atom stereocenters. The zero-order valence-electron chi connectivity index (χ0n) is 10.6. The molecule has 92 valence electrons. The van der Waals surface area contributed by atoms with Crippen molar-refractivity contribution in [3.8, 4) is 0 Å². The standard InChI is InChI=1S/C13H19N3O/c1-4-10-7-11(16(3)15-10)8-12(14)13-6-5-9(2)17-13/h5-7,12H,4,8,14H2,1-3H3. The molecule has 1 unspecified atom stereocenters. The van der Waals surface area contributed by atoms with Gasteiger partial charge in [0, 0.05) is 19.2 Å². The first-order valence-corrected chi connectivity index (χ1v) is 5.94. The van der Waals surface area contributed by atoms with Gasteiger partial charge < -0.3 is 10.2 Å². The van der Waals surface area contributed by atoms with Crippen LogP contribution in [-0.2, 0) is 19.9 Å². The van der Waals surface area contributed by atoms with Gasteiger partial charge in [0.05, 0.1) is 11.7 Å². The Kier molecular flexibility index (Phi) is 3.33. The molecule has 0 radical (unpaired) electrons. The summed E-state index contributed by atoms with van der Waals surface area (Å²) < 4.78 is 7.43. The Hall–Kier alpha value is -1.55. The first-order chi connectivity index (χ1) is 8.10. The highest BCUT2D eigenvalue weighted by molar-refractivity contribution is 5.16. The van der Waals surface area contributed by atoms with E-state index in [-0.39, 0.29) is 6.04 Å². The number of aromatic nitrogens is 2. The van der Waals surface area contributed by atoms with Gasteiger partial charge in [-0.15, -0.1) is 0 Å². The molecule has 0 bridgehead atoms. The first kappa shape index (κ1) is 11.9. The summed E-state index contributed by atoms with van der Waals surface area (Å²) in [5, 5.41) is 4.41. The Balaban J connectivity index is 2.12. The van der Waals surface area contributed by atoms with E-state index in [9.17, 15) is 0 Å². The number of nitrogens with two attached hydrogens (primary N) is 1. The van der Waals surface area contributed by atoms with Crippen LogP contribution in [0.4, 0.5) is 0 Å². The second-order valence-electron chi connectivity index (χ2n) is 4.36. The van der Waals surface area contributed by atoms with Crippen molar-refractivity contribution < 1.29 is 4.42 Å². The van der Waals surface area contributed by atoms with Gasteiger partial charge in [0.1, 0.15) is 11.5 Å². The molecule has 2 aromatic heterocycles. The summed E-state index contributed by atoms with van der Waals surface area (Å²) in [5.74, 6) is 1.73. The Bertz CT molecular complexity index is 498. The minimum Gasteiger partial charge on any atom is -0.465 e. The largest absolute Gasteiger partial charge is 0.465 e. The lowest BCUT2D eigenvalue weighted by Gasteiger charge is -2.08. The highest BCUT2D eigenvalue weighted by atomic mass is 16.3. The van der Waals surface area contributed by atoms with Gasteiger partial charge in [-0.2, -0.15) is 5.10 Å². The van der Waals surface area contributed by atoms with Crippen molar-refractivity contribution in [2.24, 2.45) is 12.8 Å². The fraction of sp³-hybridized carbons (Fsp3) is 0.462. The minimum absolute atomic E-state index is 0.108. The Morgan fingerprint density at radius 1 is 1.47 bits per heavy atom. The molecule has 0 aliphatic carbocycles. The zero-order valence-corrected chi connectivity index (χ0v) is 10.6. The average Bonchev–Trinajstić information content (AvgIpc) is 2.86. The molecular weight excluding hydrogens is 214 g/mol. The first-order valence-electron chi connectivity index (χ1n) is 5.94. The molecular formula is C13H19N3O. The van der Waals surface area contributed by atoms with Crippen LogP contribution in [0.3, 0.4) is 0 Å². The van der Waals surface area contributed by atoms with Crippen molar-refractivity contribution in [3.05, 3.63) is 41.1 Å². The molecule has 0 amide bonds. The highest BCUT2D eigenvalue weighted by Gasteiger charge is 2.13. The van der Waals surface area contributed by atoms with Crippen LogP contribution in [0.5, 0.6) is 0 Å². The van der Waals surface area contributed by atoms with Gasteiger partial charge in [-0.05, 0) is 31.5 Å². The second kappa shape index (κ2) is 4.75. The third kappa shape index (κ3) is 2.58. The number of nitrogens with zero attached hydrogens (tertiary/aromatic N) is 2. The predicted molar refractivity (Wildman–Crippen MR) is 66.7 cm³/mol. The molecule has 2 heterocycles. The molecule has 0 aliphatic heterocycles. The van der Waals surface area contributed by atoms with E-state index in [1.807, 2.05) is 30.8 Å². The van der Waals surface area contributed by atoms with Gasteiger partial charge in [-0.3, -0.25) is 4.68 Å². The van der Waals surface area contributed by atoms with Crippen molar-refractivity contribution in [1.82, 2.24) is 9.78 Å². The molecule has 17 heavy (non-hydrogen) atoms. The van der Waals surface area contributed by atoms with Gasteiger partial charge >= 0.3 is 0 Å². The lowest BCUT2D eigenvalue weighted by atomic mass is 10.1. The molecule has 0 fully saturated rings. The van der Waals surface area contributed by atoms with Crippen molar-refractivity contribution >= 4 is 0 Å². The molecule has 2 rings (SSSR count).